The number of ether oxygens (including phenoxy) is 1. The molecule has 1 heterocycles. The standard InChI is InChI=1S/C13H24N2O2/c14-12-9-17-8-11(12)13(16)15-7-6-10-4-2-1-3-5-10/h10-12H,1-9,14H2,(H,15,16). The van der Waals surface area contributed by atoms with E-state index in [9.17, 15) is 4.79 Å². The van der Waals surface area contributed by atoms with Crippen LogP contribution >= 0.6 is 0 Å². The third-order valence-electron chi connectivity index (χ3n) is 4.04. The van der Waals surface area contributed by atoms with Gasteiger partial charge in [-0.15, -0.1) is 0 Å². The average molecular weight is 240 g/mol. The van der Waals surface area contributed by atoms with Crippen molar-refractivity contribution in [3.8, 4) is 0 Å². The van der Waals surface area contributed by atoms with Crippen LogP contribution in [0.2, 0.25) is 0 Å². The van der Waals surface area contributed by atoms with E-state index >= 15 is 0 Å². The van der Waals surface area contributed by atoms with Crippen LogP contribution in [0.1, 0.15) is 38.5 Å². The van der Waals surface area contributed by atoms with Crippen molar-refractivity contribution in [1.29, 1.82) is 0 Å². The lowest BCUT2D eigenvalue weighted by Gasteiger charge is -2.22. The van der Waals surface area contributed by atoms with Crippen molar-refractivity contribution in [3.63, 3.8) is 0 Å². The van der Waals surface area contributed by atoms with Gasteiger partial charge in [0.05, 0.1) is 19.1 Å². The molecule has 3 N–H and O–H groups in total. The average Bonchev–Trinajstić information content (AvgIpc) is 2.77. The maximum Gasteiger partial charge on any atom is 0.227 e. The van der Waals surface area contributed by atoms with Gasteiger partial charge in [0.15, 0.2) is 0 Å². The van der Waals surface area contributed by atoms with Crippen molar-refractivity contribution < 1.29 is 9.53 Å². The van der Waals surface area contributed by atoms with Crippen LogP contribution in [0.4, 0.5) is 0 Å². The number of carbonyl (C=O) groups excluding carboxylic acids is 1. The number of nitrogens with two attached hydrogens (primary N) is 1. The van der Waals surface area contributed by atoms with Crippen LogP contribution in [-0.4, -0.2) is 31.7 Å². The first-order valence-corrected chi connectivity index (χ1v) is 6.88. The molecule has 1 saturated heterocycles. The summed E-state index contributed by atoms with van der Waals surface area (Å²) >= 11 is 0. The monoisotopic (exact) mass is 240 g/mol. The summed E-state index contributed by atoms with van der Waals surface area (Å²) in [6, 6.07) is -0.121. The highest BCUT2D eigenvalue weighted by molar-refractivity contribution is 5.79. The fraction of sp³-hybridized carbons (Fsp3) is 0.923. The molecule has 2 rings (SSSR count). The molecule has 98 valence electrons. The topological polar surface area (TPSA) is 64.3 Å². The highest BCUT2D eigenvalue weighted by Crippen LogP contribution is 2.25. The van der Waals surface area contributed by atoms with Crippen molar-refractivity contribution in [3.05, 3.63) is 0 Å². The van der Waals surface area contributed by atoms with E-state index in [1.54, 1.807) is 0 Å². The zero-order valence-electron chi connectivity index (χ0n) is 10.5. The Balaban J connectivity index is 1.62. The van der Waals surface area contributed by atoms with Gasteiger partial charge < -0.3 is 15.8 Å². The van der Waals surface area contributed by atoms with Gasteiger partial charge in [-0.3, -0.25) is 4.79 Å². The first kappa shape index (κ1) is 12.8. The van der Waals surface area contributed by atoms with Crippen molar-refractivity contribution in [2.24, 2.45) is 17.6 Å². The highest BCUT2D eigenvalue weighted by Gasteiger charge is 2.31. The van der Waals surface area contributed by atoms with Crippen molar-refractivity contribution >= 4 is 5.91 Å². The number of carbonyl (C=O) groups is 1. The third-order valence-corrected chi connectivity index (χ3v) is 4.04. The van der Waals surface area contributed by atoms with E-state index in [0.29, 0.717) is 13.2 Å². The van der Waals surface area contributed by atoms with Crippen LogP contribution in [0.3, 0.4) is 0 Å². The van der Waals surface area contributed by atoms with Gasteiger partial charge >= 0.3 is 0 Å². The van der Waals surface area contributed by atoms with Crippen LogP contribution < -0.4 is 11.1 Å². The zero-order valence-corrected chi connectivity index (χ0v) is 10.5. The van der Waals surface area contributed by atoms with E-state index in [4.69, 9.17) is 10.5 Å². The number of amides is 1. The molecule has 0 aromatic heterocycles. The molecule has 17 heavy (non-hydrogen) atoms. The molecule has 0 aromatic rings. The second kappa shape index (κ2) is 6.36. The van der Waals surface area contributed by atoms with Crippen molar-refractivity contribution in [2.75, 3.05) is 19.8 Å². The molecule has 1 aliphatic heterocycles. The minimum absolute atomic E-state index is 0.0748. The van der Waals surface area contributed by atoms with Crippen LogP contribution in [0.15, 0.2) is 0 Å². The molecule has 2 unspecified atom stereocenters. The minimum Gasteiger partial charge on any atom is -0.379 e. The van der Waals surface area contributed by atoms with Crippen LogP contribution in [0, 0.1) is 11.8 Å². The molecule has 4 nitrogen and oxygen atoms in total. The molecular formula is C13H24N2O2. The lowest BCUT2D eigenvalue weighted by molar-refractivity contribution is -0.125. The van der Waals surface area contributed by atoms with Gasteiger partial charge in [-0.2, -0.15) is 0 Å². The van der Waals surface area contributed by atoms with E-state index in [1.807, 2.05) is 0 Å². The molecule has 0 bridgehead atoms. The molecule has 4 heteroatoms. The van der Waals surface area contributed by atoms with Crippen LogP contribution in [0.5, 0.6) is 0 Å². The molecule has 0 radical (unpaired) electrons. The zero-order chi connectivity index (χ0) is 12.1. The van der Waals surface area contributed by atoms with E-state index in [0.717, 1.165) is 18.9 Å². The lowest BCUT2D eigenvalue weighted by atomic mass is 9.87. The Hall–Kier alpha value is -0.610. The van der Waals surface area contributed by atoms with Gasteiger partial charge in [-0.1, -0.05) is 32.1 Å². The summed E-state index contributed by atoms with van der Waals surface area (Å²) in [5.41, 5.74) is 5.81. The summed E-state index contributed by atoms with van der Waals surface area (Å²) in [5.74, 6) is 0.754. The molecule has 1 aliphatic carbocycles. The van der Waals surface area contributed by atoms with Gasteiger partial charge in [0.25, 0.3) is 0 Å². The Morgan fingerprint density at radius 3 is 2.65 bits per heavy atom. The molecule has 2 aliphatic rings. The summed E-state index contributed by atoms with van der Waals surface area (Å²) < 4.78 is 5.20. The lowest BCUT2D eigenvalue weighted by Crippen LogP contribution is -2.41. The smallest absolute Gasteiger partial charge is 0.227 e. The first-order chi connectivity index (χ1) is 8.27. The molecular weight excluding hydrogens is 216 g/mol. The fourth-order valence-electron chi connectivity index (χ4n) is 2.85. The second-order valence-electron chi connectivity index (χ2n) is 5.39. The third kappa shape index (κ3) is 3.68. The SMILES string of the molecule is NC1COCC1C(=O)NCCC1CCCCC1. The van der Waals surface area contributed by atoms with E-state index < -0.39 is 0 Å². The quantitative estimate of drug-likeness (QED) is 0.772. The predicted molar refractivity (Wildman–Crippen MR) is 66.5 cm³/mol. The maximum atomic E-state index is 11.8. The first-order valence-electron chi connectivity index (χ1n) is 6.88. The van der Waals surface area contributed by atoms with E-state index in [2.05, 4.69) is 5.32 Å². The Morgan fingerprint density at radius 2 is 2.00 bits per heavy atom. The number of hydrogen-bond acceptors (Lipinski definition) is 3. The van der Waals surface area contributed by atoms with Gasteiger partial charge in [0.2, 0.25) is 5.91 Å². The Kier molecular flexibility index (Phi) is 4.80. The van der Waals surface area contributed by atoms with Gasteiger partial charge in [0.1, 0.15) is 0 Å². The van der Waals surface area contributed by atoms with Crippen LogP contribution in [0.25, 0.3) is 0 Å². The van der Waals surface area contributed by atoms with Gasteiger partial charge in [-0.05, 0) is 12.3 Å². The second-order valence-corrected chi connectivity index (χ2v) is 5.39. The van der Waals surface area contributed by atoms with E-state index in [1.165, 1.54) is 32.1 Å². The molecule has 0 spiro atoms. The van der Waals surface area contributed by atoms with Gasteiger partial charge in [-0.25, -0.2) is 0 Å². The largest absolute Gasteiger partial charge is 0.379 e. The van der Waals surface area contributed by atoms with E-state index in [-0.39, 0.29) is 17.9 Å². The maximum absolute atomic E-state index is 11.8. The summed E-state index contributed by atoms with van der Waals surface area (Å²) in [4.78, 5) is 11.8. The number of rotatable bonds is 4. The molecule has 2 atom stereocenters. The molecule has 1 amide bonds. The Bertz CT molecular complexity index is 252. The molecule has 2 fully saturated rings. The van der Waals surface area contributed by atoms with Gasteiger partial charge in [0, 0.05) is 12.6 Å². The van der Waals surface area contributed by atoms with Crippen molar-refractivity contribution in [1.82, 2.24) is 5.32 Å². The Morgan fingerprint density at radius 1 is 1.24 bits per heavy atom. The highest BCUT2D eigenvalue weighted by atomic mass is 16.5. The molecule has 1 saturated carbocycles. The number of nitrogens with one attached hydrogen (secondary N) is 1. The summed E-state index contributed by atoms with van der Waals surface area (Å²) in [7, 11) is 0. The predicted octanol–water partition coefficient (Wildman–Crippen LogP) is 1.05. The molecule has 0 aromatic carbocycles. The van der Waals surface area contributed by atoms with Crippen molar-refractivity contribution in [2.45, 2.75) is 44.6 Å². The number of hydrogen-bond donors (Lipinski definition) is 2. The van der Waals surface area contributed by atoms with Crippen LogP contribution in [-0.2, 0) is 9.53 Å². The minimum atomic E-state index is -0.138. The summed E-state index contributed by atoms with van der Waals surface area (Å²) in [5, 5.41) is 3.00. The summed E-state index contributed by atoms with van der Waals surface area (Å²) in [6.07, 6.45) is 7.90. The normalized spacial score (nSPS) is 30.4. The fourth-order valence-corrected chi connectivity index (χ4v) is 2.85. The summed E-state index contributed by atoms with van der Waals surface area (Å²) in [6.45, 7) is 1.80. The Labute approximate surface area is 103 Å².